The molecule has 0 radical (unpaired) electrons. The third-order valence-corrected chi connectivity index (χ3v) is 6.27. The molecule has 0 saturated carbocycles. The number of hydrogen-bond acceptors (Lipinski definition) is 6. The van der Waals surface area contributed by atoms with E-state index in [0.717, 1.165) is 4.47 Å². The van der Waals surface area contributed by atoms with E-state index >= 15 is 0 Å². The largest absolute Gasteiger partial charge is 0.465 e. The molecule has 1 aromatic rings. The van der Waals surface area contributed by atoms with E-state index in [0.29, 0.717) is 29.7 Å². The lowest BCUT2D eigenvalue weighted by atomic mass is 9.73. The fourth-order valence-electron chi connectivity index (χ4n) is 3.98. The average molecular weight is 492 g/mol. The van der Waals surface area contributed by atoms with Crippen molar-refractivity contribution >= 4 is 39.5 Å². The van der Waals surface area contributed by atoms with Crippen LogP contribution in [-0.2, 0) is 29.5 Å². The van der Waals surface area contributed by atoms with Crippen molar-refractivity contribution in [1.82, 2.24) is 0 Å². The van der Waals surface area contributed by atoms with Crippen LogP contribution in [0.4, 0.5) is 5.69 Å². The molecule has 8 heteroatoms. The van der Waals surface area contributed by atoms with Crippen molar-refractivity contribution in [3.8, 4) is 0 Å². The number of aliphatic hydroxyl groups is 1. The number of halogens is 1. The van der Waals surface area contributed by atoms with Gasteiger partial charge in [-0.1, -0.05) is 28.1 Å². The predicted octanol–water partition coefficient (Wildman–Crippen LogP) is 3.39. The summed E-state index contributed by atoms with van der Waals surface area (Å²) >= 11 is 3.38. The van der Waals surface area contributed by atoms with Gasteiger partial charge in [0, 0.05) is 22.7 Å². The minimum Gasteiger partial charge on any atom is -0.465 e. The van der Waals surface area contributed by atoms with Crippen LogP contribution in [0, 0.1) is 5.41 Å². The van der Waals surface area contributed by atoms with E-state index in [1.54, 1.807) is 51.2 Å². The Morgan fingerprint density at radius 1 is 1.23 bits per heavy atom. The number of rotatable bonds is 6. The van der Waals surface area contributed by atoms with Gasteiger partial charge < -0.3 is 19.5 Å². The van der Waals surface area contributed by atoms with Crippen molar-refractivity contribution in [2.45, 2.75) is 38.7 Å². The van der Waals surface area contributed by atoms with E-state index in [4.69, 9.17) is 9.47 Å². The van der Waals surface area contributed by atoms with Crippen LogP contribution in [0.25, 0.3) is 0 Å². The van der Waals surface area contributed by atoms with Crippen LogP contribution in [-0.4, -0.2) is 43.2 Å². The van der Waals surface area contributed by atoms with Crippen molar-refractivity contribution < 1.29 is 29.0 Å². The average Bonchev–Trinajstić information content (AvgIpc) is 2.94. The van der Waals surface area contributed by atoms with Crippen molar-refractivity contribution in [3.05, 3.63) is 52.0 Å². The maximum atomic E-state index is 12.9. The minimum absolute atomic E-state index is 0.199. The van der Waals surface area contributed by atoms with Gasteiger partial charge in [0.05, 0.1) is 24.3 Å². The Bertz CT molecular complexity index is 971. The molecular formula is C23H26BrNO6. The number of likely N-dealkylation sites (N-methyl/N-ethyl adjacent to an activating group) is 1. The molecule has 0 fully saturated rings. The molecule has 2 unspecified atom stereocenters. The SMILES string of the molecule is CCOC(=O)C1=CCC(/C=C/C2(O)C(=O)N(C)c3ccc(Br)cc32)(C(=O)OCC)CC1. The number of anilines is 1. The highest BCUT2D eigenvalue weighted by Crippen LogP contribution is 2.44. The summed E-state index contributed by atoms with van der Waals surface area (Å²) in [6.07, 6.45) is 5.46. The zero-order chi connectivity index (χ0) is 22.8. The second-order valence-electron chi connectivity index (χ2n) is 7.66. The topological polar surface area (TPSA) is 93.1 Å². The van der Waals surface area contributed by atoms with Gasteiger partial charge in [-0.2, -0.15) is 0 Å². The van der Waals surface area contributed by atoms with Gasteiger partial charge >= 0.3 is 11.9 Å². The molecule has 1 aromatic carbocycles. The summed E-state index contributed by atoms with van der Waals surface area (Å²) in [5.41, 5.74) is -1.45. The second-order valence-corrected chi connectivity index (χ2v) is 8.57. The number of carbonyl (C=O) groups excluding carboxylic acids is 3. The van der Waals surface area contributed by atoms with Crippen LogP contribution in [0.5, 0.6) is 0 Å². The number of allylic oxidation sites excluding steroid dienone is 1. The second kappa shape index (κ2) is 8.96. The molecule has 1 heterocycles. The number of carbonyl (C=O) groups is 3. The van der Waals surface area contributed by atoms with Crippen molar-refractivity contribution in [2.24, 2.45) is 5.41 Å². The van der Waals surface area contributed by atoms with Gasteiger partial charge in [0.25, 0.3) is 5.91 Å². The predicted molar refractivity (Wildman–Crippen MR) is 118 cm³/mol. The van der Waals surface area contributed by atoms with Gasteiger partial charge in [0.1, 0.15) is 0 Å². The number of ether oxygens (including phenoxy) is 2. The number of esters is 2. The molecule has 1 amide bonds. The Morgan fingerprint density at radius 2 is 1.94 bits per heavy atom. The van der Waals surface area contributed by atoms with Gasteiger partial charge in [-0.25, -0.2) is 4.79 Å². The summed E-state index contributed by atoms with van der Waals surface area (Å²) in [4.78, 5) is 39.2. The van der Waals surface area contributed by atoms with E-state index in [9.17, 15) is 19.5 Å². The number of nitrogens with zero attached hydrogens (tertiary/aromatic N) is 1. The van der Waals surface area contributed by atoms with Crippen molar-refractivity contribution in [1.29, 1.82) is 0 Å². The Balaban J connectivity index is 1.98. The third-order valence-electron chi connectivity index (χ3n) is 5.78. The zero-order valence-corrected chi connectivity index (χ0v) is 19.4. The number of benzene rings is 1. The van der Waals surface area contributed by atoms with Crippen LogP contribution in [0.1, 0.15) is 38.7 Å². The quantitative estimate of drug-likeness (QED) is 0.484. The summed E-state index contributed by atoms with van der Waals surface area (Å²) in [5, 5.41) is 11.3. The molecular weight excluding hydrogens is 466 g/mol. The molecule has 0 bridgehead atoms. The maximum Gasteiger partial charge on any atom is 0.333 e. The maximum absolute atomic E-state index is 12.9. The van der Waals surface area contributed by atoms with Crippen molar-refractivity contribution in [3.63, 3.8) is 0 Å². The molecule has 0 aromatic heterocycles. The van der Waals surface area contributed by atoms with Crippen LogP contribution < -0.4 is 4.90 Å². The molecule has 7 nitrogen and oxygen atoms in total. The van der Waals surface area contributed by atoms with Gasteiger partial charge in [0.2, 0.25) is 0 Å². The van der Waals surface area contributed by atoms with Gasteiger partial charge in [-0.05, 0) is 57.4 Å². The first-order valence-electron chi connectivity index (χ1n) is 10.2. The molecule has 0 spiro atoms. The lowest BCUT2D eigenvalue weighted by Gasteiger charge is -2.32. The van der Waals surface area contributed by atoms with Gasteiger partial charge in [0.15, 0.2) is 5.60 Å². The fraction of sp³-hybridized carbons (Fsp3) is 0.435. The van der Waals surface area contributed by atoms with Crippen LogP contribution >= 0.6 is 15.9 Å². The van der Waals surface area contributed by atoms with Gasteiger partial charge in [-0.3, -0.25) is 9.59 Å². The van der Waals surface area contributed by atoms with E-state index in [1.165, 1.54) is 11.0 Å². The first-order valence-corrected chi connectivity index (χ1v) is 11.0. The zero-order valence-electron chi connectivity index (χ0n) is 17.8. The lowest BCUT2D eigenvalue weighted by molar-refractivity contribution is -0.153. The highest BCUT2D eigenvalue weighted by molar-refractivity contribution is 9.10. The minimum atomic E-state index is -1.90. The smallest absolute Gasteiger partial charge is 0.333 e. The monoisotopic (exact) mass is 491 g/mol. The first-order chi connectivity index (χ1) is 14.7. The lowest BCUT2D eigenvalue weighted by Crippen LogP contribution is -2.39. The third kappa shape index (κ3) is 4.19. The Morgan fingerprint density at radius 3 is 2.55 bits per heavy atom. The Hall–Kier alpha value is -2.45. The van der Waals surface area contributed by atoms with Crippen molar-refractivity contribution in [2.75, 3.05) is 25.2 Å². The molecule has 2 aliphatic rings. The normalized spacial score (nSPS) is 25.4. The summed E-state index contributed by atoms with van der Waals surface area (Å²) in [7, 11) is 1.59. The van der Waals surface area contributed by atoms with E-state index < -0.39 is 28.9 Å². The molecule has 31 heavy (non-hydrogen) atoms. The van der Waals surface area contributed by atoms with E-state index in [1.807, 2.05) is 0 Å². The molecule has 1 aliphatic heterocycles. The summed E-state index contributed by atoms with van der Waals surface area (Å²) in [5.74, 6) is -1.36. The highest BCUT2D eigenvalue weighted by Gasteiger charge is 2.48. The van der Waals surface area contributed by atoms with E-state index in [2.05, 4.69) is 15.9 Å². The summed E-state index contributed by atoms with van der Waals surface area (Å²) in [6, 6.07) is 5.23. The summed E-state index contributed by atoms with van der Waals surface area (Å²) < 4.78 is 11.1. The molecule has 1 N–H and O–H groups in total. The van der Waals surface area contributed by atoms with E-state index in [-0.39, 0.29) is 19.6 Å². The fourth-order valence-corrected chi connectivity index (χ4v) is 4.34. The standard InChI is InChI=1S/C23H26BrNO6/c1-4-30-19(26)15-8-10-22(11-9-15,21(28)31-5-2)12-13-23(29)17-14-16(24)6-7-18(17)25(3)20(23)27/h6-8,12-14,29H,4-5,9-11H2,1-3H3/b13-12+. The Labute approximate surface area is 189 Å². The number of hydrogen-bond donors (Lipinski definition) is 1. The number of amides is 1. The van der Waals surface area contributed by atoms with Crippen LogP contribution in [0.2, 0.25) is 0 Å². The first kappa shape index (κ1) is 23.2. The van der Waals surface area contributed by atoms with Gasteiger partial charge in [-0.15, -0.1) is 0 Å². The summed E-state index contributed by atoms with van der Waals surface area (Å²) in [6.45, 7) is 3.93. The molecule has 2 atom stereocenters. The molecule has 1 aliphatic carbocycles. The van der Waals surface area contributed by atoms with Crippen LogP contribution in [0.15, 0.2) is 46.5 Å². The highest BCUT2D eigenvalue weighted by atomic mass is 79.9. The van der Waals surface area contributed by atoms with Crippen LogP contribution in [0.3, 0.4) is 0 Å². The molecule has 3 rings (SSSR count). The number of fused-ring (bicyclic) bond motifs is 1. The Kier molecular flexibility index (Phi) is 6.71. The molecule has 166 valence electrons. The molecule has 0 saturated heterocycles.